The zero-order valence-electron chi connectivity index (χ0n) is 13.6. The first-order valence-corrected chi connectivity index (χ1v) is 8.20. The van der Waals surface area contributed by atoms with Crippen LogP contribution in [0.1, 0.15) is 24.0 Å². The summed E-state index contributed by atoms with van der Waals surface area (Å²) in [6.07, 6.45) is 6.68. The van der Waals surface area contributed by atoms with Crippen molar-refractivity contribution in [3.8, 4) is 0 Å². The number of rotatable bonds is 5. The molecular formula is C21H23NO. The highest BCUT2D eigenvalue weighted by molar-refractivity contribution is 5.70. The van der Waals surface area contributed by atoms with Crippen LogP contribution in [0.25, 0.3) is 11.8 Å². The topological polar surface area (TPSA) is 12.5 Å². The van der Waals surface area contributed by atoms with Crippen LogP contribution < -0.4 is 0 Å². The van der Waals surface area contributed by atoms with Gasteiger partial charge in [-0.25, -0.2) is 0 Å². The molecule has 1 saturated heterocycles. The van der Waals surface area contributed by atoms with E-state index < -0.39 is 0 Å². The third-order valence-electron chi connectivity index (χ3n) is 4.15. The molecule has 0 N–H and O–H groups in total. The Bertz CT molecular complexity index is 668. The van der Waals surface area contributed by atoms with E-state index in [4.69, 9.17) is 4.74 Å². The zero-order valence-corrected chi connectivity index (χ0v) is 13.6. The lowest BCUT2D eigenvalue weighted by Gasteiger charge is -2.24. The van der Waals surface area contributed by atoms with Crippen LogP contribution in [0.15, 0.2) is 72.5 Å². The van der Waals surface area contributed by atoms with Crippen LogP contribution in [0, 0.1) is 0 Å². The molecule has 0 bridgehead atoms. The smallest absolute Gasteiger partial charge is 0.142 e. The number of nitrogens with zero attached hydrogens (tertiary/aromatic N) is 1. The van der Waals surface area contributed by atoms with Crippen LogP contribution >= 0.6 is 0 Å². The maximum Gasteiger partial charge on any atom is 0.142 e. The standard InChI is InChI=1S/C21H23NO/c1-23-20(15-14-18-10-4-2-5-11-18)21(22-16-8-9-17-22)19-12-6-3-7-13-19/h2-7,10-15H,8-9,16-17H2,1H3/b15-14+,21-20-. The SMILES string of the molecule is COC(/C=C/c1ccccc1)=C(/c1ccccc1)N1CCCC1. The van der Waals surface area contributed by atoms with Crippen LogP contribution in [-0.2, 0) is 4.74 Å². The second-order valence-corrected chi connectivity index (χ2v) is 5.72. The van der Waals surface area contributed by atoms with Crippen molar-refractivity contribution in [3.63, 3.8) is 0 Å². The number of likely N-dealkylation sites (tertiary alicyclic amines) is 1. The Kier molecular flexibility index (Phi) is 5.15. The first-order chi connectivity index (χ1) is 11.4. The van der Waals surface area contributed by atoms with Gasteiger partial charge in [0.05, 0.1) is 12.8 Å². The Labute approximate surface area is 138 Å². The Morgan fingerprint density at radius 3 is 2.13 bits per heavy atom. The molecule has 0 amide bonds. The van der Waals surface area contributed by atoms with Gasteiger partial charge in [-0.1, -0.05) is 66.7 Å². The van der Waals surface area contributed by atoms with E-state index in [0.29, 0.717) is 0 Å². The predicted octanol–water partition coefficient (Wildman–Crippen LogP) is 4.81. The van der Waals surface area contributed by atoms with Gasteiger partial charge in [0.25, 0.3) is 0 Å². The van der Waals surface area contributed by atoms with Crippen LogP contribution in [0.3, 0.4) is 0 Å². The molecule has 1 fully saturated rings. The molecule has 2 heteroatoms. The van der Waals surface area contributed by atoms with E-state index in [-0.39, 0.29) is 0 Å². The number of benzene rings is 2. The van der Waals surface area contributed by atoms with Gasteiger partial charge in [-0.15, -0.1) is 0 Å². The molecule has 0 unspecified atom stereocenters. The molecule has 0 spiro atoms. The molecule has 0 aliphatic carbocycles. The molecule has 1 aliphatic heterocycles. The summed E-state index contributed by atoms with van der Waals surface area (Å²) in [4.78, 5) is 2.43. The number of hydrogen-bond acceptors (Lipinski definition) is 2. The minimum absolute atomic E-state index is 0.918. The molecule has 1 aliphatic rings. The fourth-order valence-corrected chi connectivity index (χ4v) is 3.00. The summed E-state index contributed by atoms with van der Waals surface area (Å²) in [6, 6.07) is 20.9. The molecule has 2 aromatic carbocycles. The van der Waals surface area contributed by atoms with E-state index >= 15 is 0 Å². The lowest BCUT2D eigenvalue weighted by Crippen LogP contribution is -2.19. The second-order valence-electron chi connectivity index (χ2n) is 5.72. The van der Waals surface area contributed by atoms with Gasteiger partial charge in [0.2, 0.25) is 0 Å². The molecule has 1 heterocycles. The fourth-order valence-electron chi connectivity index (χ4n) is 3.00. The summed E-state index contributed by atoms with van der Waals surface area (Å²) in [5.41, 5.74) is 3.58. The molecule has 0 saturated carbocycles. The number of methoxy groups -OCH3 is 1. The van der Waals surface area contributed by atoms with E-state index in [9.17, 15) is 0 Å². The minimum Gasteiger partial charge on any atom is -0.495 e. The Morgan fingerprint density at radius 1 is 0.913 bits per heavy atom. The summed E-state index contributed by atoms with van der Waals surface area (Å²) in [5.74, 6) is 0.918. The molecule has 118 valence electrons. The van der Waals surface area contributed by atoms with Crippen molar-refractivity contribution < 1.29 is 4.74 Å². The summed E-state index contributed by atoms with van der Waals surface area (Å²) < 4.78 is 5.75. The molecule has 2 nitrogen and oxygen atoms in total. The Morgan fingerprint density at radius 2 is 1.52 bits per heavy atom. The second kappa shape index (κ2) is 7.68. The molecule has 0 atom stereocenters. The van der Waals surface area contributed by atoms with Gasteiger partial charge in [0.15, 0.2) is 0 Å². The van der Waals surface area contributed by atoms with E-state index in [1.165, 1.54) is 29.7 Å². The van der Waals surface area contributed by atoms with E-state index in [2.05, 4.69) is 71.6 Å². The van der Waals surface area contributed by atoms with Crippen molar-refractivity contribution in [2.75, 3.05) is 20.2 Å². The predicted molar refractivity (Wildman–Crippen MR) is 96.7 cm³/mol. The van der Waals surface area contributed by atoms with Gasteiger partial charge in [0.1, 0.15) is 5.76 Å². The number of allylic oxidation sites excluding steroid dienone is 1. The van der Waals surface area contributed by atoms with Crippen LogP contribution in [0.4, 0.5) is 0 Å². The third kappa shape index (κ3) is 3.84. The summed E-state index contributed by atoms with van der Waals surface area (Å²) >= 11 is 0. The lowest BCUT2D eigenvalue weighted by molar-refractivity contribution is 0.299. The normalized spacial score (nSPS) is 15.8. The monoisotopic (exact) mass is 305 g/mol. The first kappa shape index (κ1) is 15.4. The molecule has 23 heavy (non-hydrogen) atoms. The molecule has 3 rings (SSSR count). The van der Waals surface area contributed by atoms with Crippen LogP contribution in [-0.4, -0.2) is 25.1 Å². The largest absolute Gasteiger partial charge is 0.495 e. The van der Waals surface area contributed by atoms with Crippen LogP contribution in [0.2, 0.25) is 0 Å². The van der Waals surface area contributed by atoms with Crippen molar-refractivity contribution in [2.24, 2.45) is 0 Å². The Hall–Kier alpha value is -2.48. The summed E-state index contributed by atoms with van der Waals surface area (Å²) in [6.45, 7) is 2.19. The fraction of sp³-hybridized carbons (Fsp3) is 0.238. The molecule has 0 aromatic heterocycles. The van der Waals surface area contributed by atoms with E-state index in [1.54, 1.807) is 7.11 Å². The molecule has 2 aromatic rings. The van der Waals surface area contributed by atoms with Gasteiger partial charge in [-0.3, -0.25) is 0 Å². The maximum absolute atomic E-state index is 5.75. The lowest BCUT2D eigenvalue weighted by atomic mass is 10.1. The van der Waals surface area contributed by atoms with Crippen molar-refractivity contribution >= 4 is 11.8 Å². The Balaban J connectivity index is 1.99. The van der Waals surface area contributed by atoms with Crippen molar-refractivity contribution in [3.05, 3.63) is 83.6 Å². The average molecular weight is 305 g/mol. The van der Waals surface area contributed by atoms with Gasteiger partial charge < -0.3 is 9.64 Å². The highest BCUT2D eigenvalue weighted by atomic mass is 16.5. The zero-order chi connectivity index (χ0) is 15.9. The van der Waals surface area contributed by atoms with Gasteiger partial charge in [-0.2, -0.15) is 0 Å². The number of ether oxygens (including phenoxy) is 1. The highest BCUT2D eigenvalue weighted by Crippen LogP contribution is 2.28. The average Bonchev–Trinajstić information content (AvgIpc) is 3.14. The molecular weight excluding hydrogens is 282 g/mol. The highest BCUT2D eigenvalue weighted by Gasteiger charge is 2.19. The van der Waals surface area contributed by atoms with Crippen molar-refractivity contribution in [1.82, 2.24) is 4.90 Å². The van der Waals surface area contributed by atoms with Gasteiger partial charge >= 0.3 is 0 Å². The van der Waals surface area contributed by atoms with Crippen molar-refractivity contribution in [1.29, 1.82) is 0 Å². The van der Waals surface area contributed by atoms with E-state index in [1.807, 2.05) is 6.07 Å². The van der Waals surface area contributed by atoms with Crippen LogP contribution in [0.5, 0.6) is 0 Å². The number of hydrogen-bond donors (Lipinski definition) is 0. The summed E-state index contributed by atoms with van der Waals surface area (Å²) in [5, 5.41) is 0. The maximum atomic E-state index is 5.75. The third-order valence-corrected chi connectivity index (χ3v) is 4.15. The first-order valence-electron chi connectivity index (χ1n) is 8.20. The quantitative estimate of drug-likeness (QED) is 0.580. The summed E-state index contributed by atoms with van der Waals surface area (Å²) in [7, 11) is 1.75. The van der Waals surface area contributed by atoms with Gasteiger partial charge in [0, 0.05) is 18.7 Å². The minimum atomic E-state index is 0.918. The van der Waals surface area contributed by atoms with Crippen molar-refractivity contribution in [2.45, 2.75) is 12.8 Å². The van der Waals surface area contributed by atoms with Gasteiger partial charge in [-0.05, 0) is 24.5 Å². The van der Waals surface area contributed by atoms with E-state index in [0.717, 1.165) is 18.8 Å². The molecule has 0 radical (unpaired) electrons.